The Kier molecular flexibility index (Phi) is 6.90. The molecule has 0 radical (unpaired) electrons. The lowest BCUT2D eigenvalue weighted by atomic mass is 9.91. The standard InChI is InChI=1S/C14H26O3S/c1-4-7-13(14(15)17-5-2)18(16)12-9-6-8-11(3)10-12/h11-13H,4-10H2,1-3H3. The number of hydrogen-bond donors (Lipinski definition) is 0. The molecule has 0 aromatic heterocycles. The number of carbonyl (C=O) groups excluding carboxylic acids is 1. The monoisotopic (exact) mass is 274 g/mol. The Morgan fingerprint density at radius 2 is 2.11 bits per heavy atom. The lowest BCUT2D eigenvalue weighted by Crippen LogP contribution is -2.36. The molecule has 0 bridgehead atoms. The van der Waals surface area contributed by atoms with E-state index in [0.717, 1.165) is 25.7 Å². The Bertz CT molecular complexity index is 291. The molecule has 1 aliphatic rings. The zero-order valence-corrected chi connectivity index (χ0v) is 12.6. The van der Waals surface area contributed by atoms with Crippen LogP contribution in [-0.2, 0) is 20.3 Å². The van der Waals surface area contributed by atoms with Gasteiger partial charge in [-0.2, -0.15) is 0 Å². The molecule has 0 saturated heterocycles. The van der Waals surface area contributed by atoms with Crippen LogP contribution in [-0.4, -0.2) is 27.3 Å². The highest BCUT2D eigenvalue weighted by atomic mass is 32.2. The van der Waals surface area contributed by atoms with Crippen molar-refractivity contribution in [2.75, 3.05) is 6.61 Å². The number of rotatable bonds is 6. The molecule has 4 atom stereocenters. The lowest BCUT2D eigenvalue weighted by Gasteiger charge is -2.28. The Morgan fingerprint density at radius 3 is 2.67 bits per heavy atom. The molecule has 4 heteroatoms. The molecule has 4 unspecified atom stereocenters. The van der Waals surface area contributed by atoms with Crippen molar-refractivity contribution in [3.63, 3.8) is 0 Å². The maximum absolute atomic E-state index is 12.6. The smallest absolute Gasteiger partial charge is 0.321 e. The first-order valence-corrected chi connectivity index (χ1v) is 8.43. The summed E-state index contributed by atoms with van der Waals surface area (Å²) in [5.41, 5.74) is 0. The summed E-state index contributed by atoms with van der Waals surface area (Å²) in [7, 11) is -1.07. The van der Waals surface area contributed by atoms with Gasteiger partial charge in [0.2, 0.25) is 0 Å². The van der Waals surface area contributed by atoms with Crippen LogP contribution in [0.2, 0.25) is 0 Å². The van der Waals surface area contributed by atoms with Gasteiger partial charge in [0.15, 0.2) is 0 Å². The summed E-state index contributed by atoms with van der Waals surface area (Å²) < 4.78 is 17.6. The average Bonchev–Trinajstić information content (AvgIpc) is 2.35. The van der Waals surface area contributed by atoms with Crippen LogP contribution < -0.4 is 0 Å². The fourth-order valence-corrected chi connectivity index (χ4v) is 4.76. The first-order chi connectivity index (χ1) is 8.60. The SMILES string of the molecule is CCCC(C(=O)OCC)S(=O)C1CCCC(C)C1. The fourth-order valence-electron chi connectivity index (χ4n) is 2.65. The summed E-state index contributed by atoms with van der Waals surface area (Å²) in [5, 5.41) is -0.222. The van der Waals surface area contributed by atoms with Crippen LogP contribution in [0.25, 0.3) is 0 Å². The predicted octanol–water partition coefficient (Wildman–Crippen LogP) is 3.05. The molecule has 3 nitrogen and oxygen atoms in total. The molecule has 1 fully saturated rings. The van der Waals surface area contributed by atoms with E-state index in [1.165, 1.54) is 6.42 Å². The third-order valence-electron chi connectivity index (χ3n) is 3.60. The first-order valence-electron chi connectivity index (χ1n) is 7.16. The molecule has 106 valence electrons. The van der Waals surface area contributed by atoms with Crippen molar-refractivity contribution < 1.29 is 13.7 Å². The topological polar surface area (TPSA) is 43.4 Å². The summed E-state index contributed by atoms with van der Waals surface area (Å²) in [4.78, 5) is 11.9. The molecular weight excluding hydrogens is 248 g/mol. The number of carbonyl (C=O) groups is 1. The van der Waals surface area contributed by atoms with Crippen molar-refractivity contribution in [1.82, 2.24) is 0 Å². The molecule has 0 aliphatic heterocycles. The minimum absolute atomic E-state index is 0.190. The van der Waals surface area contributed by atoms with E-state index in [1.807, 2.05) is 6.92 Å². The summed E-state index contributed by atoms with van der Waals surface area (Å²) in [6, 6.07) is 0. The van der Waals surface area contributed by atoms with Gasteiger partial charge in [0.1, 0.15) is 5.25 Å². The predicted molar refractivity (Wildman–Crippen MR) is 74.9 cm³/mol. The van der Waals surface area contributed by atoms with Crippen molar-refractivity contribution in [1.29, 1.82) is 0 Å². The Morgan fingerprint density at radius 1 is 1.39 bits per heavy atom. The molecule has 0 aromatic rings. The summed E-state index contributed by atoms with van der Waals surface area (Å²) in [6.45, 7) is 6.40. The average molecular weight is 274 g/mol. The van der Waals surface area contributed by atoms with Gasteiger partial charge in [0.05, 0.1) is 6.61 Å². The highest BCUT2D eigenvalue weighted by molar-refractivity contribution is 7.87. The minimum Gasteiger partial charge on any atom is -0.465 e. The van der Waals surface area contributed by atoms with Crippen molar-refractivity contribution in [3.05, 3.63) is 0 Å². The largest absolute Gasteiger partial charge is 0.465 e. The molecule has 1 aliphatic carbocycles. The third-order valence-corrected chi connectivity index (χ3v) is 5.67. The van der Waals surface area contributed by atoms with Crippen molar-refractivity contribution >= 4 is 16.8 Å². The highest BCUT2D eigenvalue weighted by Gasteiger charge is 2.33. The van der Waals surface area contributed by atoms with Crippen molar-refractivity contribution in [3.8, 4) is 0 Å². The van der Waals surface area contributed by atoms with Crippen molar-refractivity contribution in [2.45, 2.75) is 69.8 Å². The van der Waals surface area contributed by atoms with Crippen molar-refractivity contribution in [2.24, 2.45) is 5.92 Å². The molecule has 0 spiro atoms. The number of hydrogen-bond acceptors (Lipinski definition) is 3. The normalized spacial score (nSPS) is 27.5. The zero-order chi connectivity index (χ0) is 13.5. The molecule has 0 amide bonds. The summed E-state index contributed by atoms with van der Waals surface area (Å²) in [6.07, 6.45) is 5.90. The molecule has 1 rings (SSSR count). The molecular formula is C14H26O3S. The third kappa shape index (κ3) is 4.38. The van der Waals surface area contributed by atoms with Crippen LogP contribution in [0.4, 0.5) is 0 Å². The molecule has 0 aromatic carbocycles. The van der Waals surface area contributed by atoms with Gasteiger partial charge < -0.3 is 4.74 Å². The quantitative estimate of drug-likeness (QED) is 0.699. The van der Waals surface area contributed by atoms with Gasteiger partial charge in [-0.15, -0.1) is 0 Å². The van der Waals surface area contributed by atoms with Crippen LogP contribution in [0.1, 0.15) is 59.3 Å². The minimum atomic E-state index is -1.07. The molecule has 0 heterocycles. The fraction of sp³-hybridized carbons (Fsp3) is 0.929. The Balaban J connectivity index is 2.66. The van der Waals surface area contributed by atoms with Gasteiger partial charge in [-0.05, 0) is 32.1 Å². The van der Waals surface area contributed by atoms with E-state index < -0.39 is 16.0 Å². The van der Waals surface area contributed by atoms with E-state index in [4.69, 9.17) is 4.74 Å². The van der Waals surface area contributed by atoms with E-state index in [1.54, 1.807) is 6.92 Å². The van der Waals surface area contributed by atoms with Gasteiger partial charge in [-0.3, -0.25) is 9.00 Å². The first kappa shape index (κ1) is 15.7. The Labute approximate surface area is 113 Å². The highest BCUT2D eigenvalue weighted by Crippen LogP contribution is 2.29. The Hall–Kier alpha value is -0.380. The van der Waals surface area contributed by atoms with E-state index in [0.29, 0.717) is 18.9 Å². The maximum Gasteiger partial charge on any atom is 0.321 e. The molecule has 18 heavy (non-hydrogen) atoms. The second-order valence-electron chi connectivity index (χ2n) is 5.25. The van der Waals surface area contributed by atoms with Gasteiger partial charge in [0, 0.05) is 16.0 Å². The second kappa shape index (κ2) is 7.93. The van der Waals surface area contributed by atoms with E-state index in [9.17, 15) is 9.00 Å². The van der Waals surface area contributed by atoms with E-state index >= 15 is 0 Å². The van der Waals surface area contributed by atoms with Gasteiger partial charge in [-0.1, -0.05) is 33.1 Å². The number of ether oxygens (including phenoxy) is 1. The number of esters is 1. The van der Waals surface area contributed by atoms with Crippen LogP contribution in [0.5, 0.6) is 0 Å². The van der Waals surface area contributed by atoms with E-state index in [-0.39, 0.29) is 11.2 Å². The second-order valence-corrected chi connectivity index (χ2v) is 7.14. The van der Waals surface area contributed by atoms with Crippen LogP contribution in [0.15, 0.2) is 0 Å². The van der Waals surface area contributed by atoms with Crippen LogP contribution in [0.3, 0.4) is 0 Å². The zero-order valence-electron chi connectivity index (χ0n) is 11.8. The van der Waals surface area contributed by atoms with Gasteiger partial charge in [0.25, 0.3) is 0 Å². The molecule has 0 N–H and O–H groups in total. The summed E-state index contributed by atoms with van der Waals surface area (Å²) in [5.74, 6) is 0.369. The van der Waals surface area contributed by atoms with Crippen LogP contribution in [0, 0.1) is 5.92 Å². The van der Waals surface area contributed by atoms with Crippen LogP contribution >= 0.6 is 0 Å². The van der Waals surface area contributed by atoms with Gasteiger partial charge in [-0.25, -0.2) is 0 Å². The summed E-state index contributed by atoms with van der Waals surface area (Å²) >= 11 is 0. The maximum atomic E-state index is 12.6. The van der Waals surface area contributed by atoms with E-state index in [2.05, 4.69) is 6.92 Å². The van der Waals surface area contributed by atoms with Gasteiger partial charge >= 0.3 is 5.97 Å². The molecule has 1 saturated carbocycles. The lowest BCUT2D eigenvalue weighted by molar-refractivity contribution is -0.142.